The third-order valence-electron chi connectivity index (χ3n) is 5.86. The maximum absolute atomic E-state index is 11.8. The summed E-state index contributed by atoms with van der Waals surface area (Å²) in [7, 11) is 2.76. The van der Waals surface area contributed by atoms with Crippen LogP contribution in [0, 0.1) is 0 Å². The summed E-state index contributed by atoms with van der Waals surface area (Å²) < 4.78 is 11.7. The van der Waals surface area contributed by atoms with Crippen molar-refractivity contribution in [2.24, 2.45) is 0 Å². The molecule has 1 aromatic carbocycles. The van der Waals surface area contributed by atoms with Gasteiger partial charge < -0.3 is 24.3 Å². The number of aromatic nitrogens is 2. The summed E-state index contributed by atoms with van der Waals surface area (Å²) in [5, 5.41) is 4.04. The van der Waals surface area contributed by atoms with Gasteiger partial charge in [-0.05, 0) is 67.2 Å². The number of benzene rings is 1. The third-order valence-corrected chi connectivity index (χ3v) is 6.21. The van der Waals surface area contributed by atoms with Crippen molar-refractivity contribution < 1.29 is 19.1 Å². The monoisotopic (exact) mass is 478 g/mol. The molecule has 0 aliphatic carbocycles. The van der Waals surface area contributed by atoms with E-state index in [0.717, 1.165) is 17.1 Å². The molecule has 1 fully saturated rings. The summed E-state index contributed by atoms with van der Waals surface area (Å²) in [6, 6.07) is 16.8. The number of rotatable bonds is 8. The number of hydrogen-bond donors (Lipinski definition) is 1. The second-order valence-electron chi connectivity index (χ2n) is 7.84. The average Bonchev–Trinajstić information content (AvgIpc) is 3.48. The van der Waals surface area contributed by atoms with Gasteiger partial charge in [-0.1, -0.05) is 6.07 Å². The van der Waals surface area contributed by atoms with Crippen molar-refractivity contribution in [1.29, 1.82) is 0 Å². The lowest BCUT2D eigenvalue weighted by atomic mass is 10.0. The Morgan fingerprint density at radius 2 is 1.85 bits per heavy atom. The zero-order valence-corrected chi connectivity index (χ0v) is 19.8. The molecule has 0 saturated carbocycles. The maximum Gasteiger partial charge on any atom is 0.337 e. The van der Waals surface area contributed by atoms with E-state index < -0.39 is 0 Å². The van der Waals surface area contributed by atoms with Gasteiger partial charge in [-0.3, -0.25) is 9.78 Å². The van der Waals surface area contributed by atoms with Gasteiger partial charge in [-0.25, -0.2) is 4.79 Å². The van der Waals surface area contributed by atoms with Crippen molar-refractivity contribution in [3.8, 4) is 5.69 Å². The highest BCUT2D eigenvalue weighted by Gasteiger charge is 2.41. The van der Waals surface area contributed by atoms with Crippen LogP contribution in [-0.2, 0) is 14.3 Å². The Bertz CT molecular complexity index is 1160. The number of thiocarbonyl (C=S) groups is 1. The minimum Gasteiger partial charge on any atom is -0.469 e. The average molecular weight is 479 g/mol. The molecule has 2 aromatic heterocycles. The second kappa shape index (κ2) is 10.5. The van der Waals surface area contributed by atoms with Crippen LogP contribution in [0.4, 0.5) is 0 Å². The van der Waals surface area contributed by atoms with Crippen LogP contribution in [0.15, 0.2) is 67.0 Å². The first kappa shape index (κ1) is 23.4. The molecule has 0 unspecified atom stereocenters. The predicted molar refractivity (Wildman–Crippen MR) is 131 cm³/mol. The molecule has 9 heteroatoms. The Morgan fingerprint density at radius 3 is 2.53 bits per heavy atom. The van der Waals surface area contributed by atoms with Gasteiger partial charge in [0.2, 0.25) is 0 Å². The van der Waals surface area contributed by atoms with Gasteiger partial charge in [0.05, 0.1) is 37.6 Å². The van der Waals surface area contributed by atoms with Gasteiger partial charge in [0, 0.05) is 36.7 Å². The van der Waals surface area contributed by atoms with Crippen molar-refractivity contribution in [1.82, 2.24) is 19.8 Å². The van der Waals surface area contributed by atoms with Gasteiger partial charge in [-0.15, -0.1) is 0 Å². The van der Waals surface area contributed by atoms with Gasteiger partial charge in [-0.2, -0.15) is 0 Å². The number of ether oxygens (including phenoxy) is 2. The molecular weight excluding hydrogens is 452 g/mol. The first-order valence-corrected chi connectivity index (χ1v) is 11.3. The lowest BCUT2D eigenvalue weighted by Gasteiger charge is -2.29. The van der Waals surface area contributed by atoms with E-state index in [4.69, 9.17) is 21.7 Å². The molecule has 34 heavy (non-hydrogen) atoms. The van der Waals surface area contributed by atoms with E-state index in [1.807, 2.05) is 42.6 Å². The predicted octanol–water partition coefficient (Wildman–Crippen LogP) is 3.58. The van der Waals surface area contributed by atoms with Crippen molar-refractivity contribution >= 4 is 29.3 Å². The number of carbonyl (C=O) groups excluding carboxylic acids is 2. The van der Waals surface area contributed by atoms with Crippen LogP contribution in [0.25, 0.3) is 5.69 Å². The van der Waals surface area contributed by atoms with Crippen LogP contribution < -0.4 is 5.32 Å². The van der Waals surface area contributed by atoms with E-state index in [1.165, 1.54) is 14.2 Å². The molecule has 8 nitrogen and oxygen atoms in total. The van der Waals surface area contributed by atoms with E-state index in [0.29, 0.717) is 30.1 Å². The number of methoxy groups -OCH3 is 2. The quantitative estimate of drug-likeness (QED) is 0.388. The SMILES string of the molecule is COC(=O)CCCN1C(=S)N[C@@H](c2ccccn2)[C@H]1c1cccn1-c1ccc(C(=O)OC)cc1. The molecule has 1 aliphatic rings. The Balaban J connectivity index is 1.69. The highest BCUT2D eigenvalue weighted by atomic mass is 32.1. The lowest BCUT2D eigenvalue weighted by Crippen LogP contribution is -2.31. The fraction of sp³-hybridized carbons (Fsp3) is 0.280. The van der Waals surface area contributed by atoms with Crippen LogP contribution in [0.2, 0.25) is 0 Å². The molecule has 1 N–H and O–H groups in total. The van der Waals surface area contributed by atoms with Crippen molar-refractivity contribution in [2.45, 2.75) is 24.9 Å². The number of pyridine rings is 1. The largest absolute Gasteiger partial charge is 0.469 e. The standard InChI is InChI=1S/C25H26N4O4S/c1-32-21(30)9-6-16-29-23(22(27-25(29)34)19-7-3-4-14-26-19)20-8-5-15-28(20)18-12-10-17(11-13-18)24(31)33-2/h3-5,7-8,10-15,22-23H,6,9,16H2,1-2H3,(H,27,34)/t22-,23+/m0/s1. The first-order valence-electron chi connectivity index (χ1n) is 10.9. The van der Waals surface area contributed by atoms with Crippen LogP contribution in [-0.4, -0.2) is 52.3 Å². The summed E-state index contributed by atoms with van der Waals surface area (Å²) >= 11 is 5.71. The number of carbonyl (C=O) groups is 2. The summed E-state index contributed by atoms with van der Waals surface area (Å²) in [6.07, 6.45) is 4.66. The second-order valence-corrected chi connectivity index (χ2v) is 8.23. The molecule has 1 aliphatic heterocycles. The summed E-state index contributed by atoms with van der Waals surface area (Å²) in [4.78, 5) is 30.2. The number of hydrogen-bond acceptors (Lipinski definition) is 6. The third kappa shape index (κ3) is 4.79. The molecule has 3 aromatic rings. The summed E-state index contributed by atoms with van der Waals surface area (Å²) in [6.45, 7) is 0.585. The minimum absolute atomic E-state index is 0.157. The zero-order chi connectivity index (χ0) is 24.1. The number of nitrogens with one attached hydrogen (secondary N) is 1. The molecule has 2 atom stereocenters. The van der Waals surface area contributed by atoms with Gasteiger partial charge in [0.1, 0.15) is 0 Å². The Morgan fingerprint density at radius 1 is 1.06 bits per heavy atom. The first-order chi connectivity index (χ1) is 16.5. The van der Waals surface area contributed by atoms with Gasteiger partial charge in [0.15, 0.2) is 5.11 Å². The van der Waals surface area contributed by atoms with E-state index in [1.54, 1.807) is 18.3 Å². The Kier molecular flexibility index (Phi) is 7.22. The molecule has 3 heterocycles. The molecule has 0 amide bonds. The Hall–Kier alpha value is -3.72. The number of nitrogens with zero attached hydrogens (tertiary/aromatic N) is 3. The summed E-state index contributed by atoms with van der Waals surface area (Å²) in [5.74, 6) is -0.624. The van der Waals surface area contributed by atoms with Crippen LogP contribution in [0.1, 0.15) is 46.7 Å². The molecule has 0 bridgehead atoms. The van der Waals surface area contributed by atoms with Crippen LogP contribution in [0.3, 0.4) is 0 Å². The van der Waals surface area contributed by atoms with Crippen molar-refractivity contribution in [2.75, 3.05) is 20.8 Å². The van der Waals surface area contributed by atoms with E-state index in [-0.39, 0.29) is 24.0 Å². The normalized spacial score (nSPS) is 17.4. The molecule has 0 spiro atoms. The molecule has 176 valence electrons. The molecule has 1 saturated heterocycles. The van der Waals surface area contributed by atoms with Crippen molar-refractivity contribution in [3.05, 3.63) is 83.9 Å². The van der Waals surface area contributed by atoms with Crippen molar-refractivity contribution in [3.63, 3.8) is 0 Å². The Labute approximate surface area is 203 Å². The number of esters is 2. The highest BCUT2D eigenvalue weighted by molar-refractivity contribution is 7.80. The summed E-state index contributed by atoms with van der Waals surface area (Å²) in [5.41, 5.74) is 3.27. The van der Waals surface area contributed by atoms with Gasteiger partial charge in [0.25, 0.3) is 0 Å². The zero-order valence-electron chi connectivity index (χ0n) is 19.0. The highest BCUT2D eigenvalue weighted by Crippen LogP contribution is 2.39. The van der Waals surface area contributed by atoms with E-state index >= 15 is 0 Å². The molecular formula is C25H26N4O4S. The minimum atomic E-state index is -0.378. The molecule has 4 rings (SSSR count). The van der Waals surface area contributed by atoms with Crippen LogP contribution in [0.5, 0.6) is 0 Å². The van der Waals surface area contributed by atoms with Crippen LogP contribution >= 0.6 is 12.2 Å². The van der Waals surface area contributed by atoms with E-state index in [9.17, 15) is 9.59 Å². The van der Waals surface area contributed by atoms with E-state index in [2.05, 4.69) is 25.8 Å². The molecule has 0 radical (unpaired) electrons. The van der Waals surface area contributed by atoms with Gasteiger partial charge >= 0.3 is 11.9 Å². The fourth-order valence-electron chi connectivity index (χ4n) is 4.21. The smallest absolute Gasteiger partial charge is 0.337 e. The topological polar surface area (TPSA) is 85.7 Å². The lowest BCUT2D eigenvalue weighted by molar-refractivity contribution is -0.140. The maximum atomic E-state index is 11.8. The fourth-order valence-corrected chi connectivity index (χ4v) is 4.54.